The van der Waals surface area contributed by atoms with Crippen molar-refractivity contribution in [1.82, 2.24) is 4.98 Å². The van der Waals surface area contributed by atoms with Gasteiger partial charge in [0.15, 0.2) is 0 Å². The van der Waals surface area contributed by atoms with E-state index in [2.05, 4.69) is 10.3 Å². The van der Waals surface area contributed by atoms with Crippen LogP contribution < -0.4 is 31.0 Å². The third kappa shape index (κ3) is 3.32. The van der Waals surface area contributed by atoms with Crippen LogP contribution in [0.15, 0.2) is 36.5 Å². The fourth-order valence-corrected chi connectivity index (χ4v) is 2.92. The maximum atomic E-state index is 6.56. The second-order valence-electron chi connectivity index (χ2n) is 5.89. The summed E-state index contributed by atoms with van der Waals surface area (Å²) in [5, 5.41) is 3.30. The second kappa shape index (κ2) is 6.52. The van der Waals surface area contributed by atoms with E-state index in [4.69, 9.17) is 25.7 Å². The Labute approximate surface area is 146 Å². The first-order chi connectivity index (χ1) is 12.0. The molecule has 1 aliphatic rings. The number of nitrogens with one attached hydrogen (secondary N) is 1. The zero-order valence-corrected chi connectivity index (χ0v) is 14.5. The standard InChI is InChI=1S/C18H22N4O3/c1-23-12-5-4-11(16(7-12)25-3)8-18(20)9-14(19)17-15(22-18)6-13(24-2)10-21-17/h4-7,9-10,22H,8,19-20H2,1-3H3. The van der Waals surface area contributed by atoms with Gasteiger partial charge in [0.2, 0.25) is 0 Å². The number of rotatable bonds is 5. The van der Waals surface area contributed by atoms with Crippen LogP contribution in [0.3, 0.4) is 0 Å². The molecule has 7 nitrogen and oxygen atoms in total. The summed E-state index contributed by atoms with van der Waals surface area (Å²) in [6, 6.07) is 7.45. The Morgan fingerprint density at radius 1 is 1.08 bits per heavy atom. The number of hydrogen-bond acceptors (Lipinski definition) is 7. The second-order valence-corrected chi connectivity index (χ2v) is 5.89. The normalized spacial score (nSPS) is 18.6. The Balaban J connectivity index is 1.94. The summed E-state index contributed by atoms with van der Waals surface area (Å²) in [4.78, 5) is 4.32. The number of aromatic nitrogens is 1. The summed E-state index contributed by atoms with van der Waals surface area (Å²) >= 11 is 0. The fourth-order valence-electron chi connectivity index (χ4n) is 2.92. The molecule has 5 N–H and O–H groups in total. The molecular weight excluding hydrogens is 320 g/mol. The van der Waals surface area contributed by atoms with E-state index in [0.717, 1.165) is 17.0 Å². The van der Waals surface area contributed by atoms with E-state index >= 15 is 0 Å². The van der Waals surface area contributed by atoms with Gasteiger partial charge in [0.1, 0.15) is 28.6 Å². The SMILES string of the molecule is COc1cnc2c(c1)NC(N)(Cc1ccc(OC)cc1OC)C=C2N. The zero-order chi connectivity index (χ0) is 18.0. The van der Waals surface area contributed by atoms with E-state index in [1.165, 1.54) is 0 Å². The van der Waals surface area contributed by atoms with Crippen LogP contribution >= 0.6 is 0 Å². The quantitative estimate of drug-likeness (QED) is 0.760. The highest BCUT2D eigenvalue weighted by Crippen LogP contribution is 2.34. The van der Waals surface area contributed by atoms with Crippen molar-refractivity contribution in [2.45, 2.75) is 12.1 Å². The minimum Gasteiger partial charge on any atom is -0.497 e. The summed E-state index contributed by atoms with van der Waals surface area (Å²) in [7, 11) is 4.82. The van der Waals surface area contributed by atoms with E-state index in [9.17, 15) is 0 Å². The van der Waals surface area contributed by atoms with Crippen LogP contribution in [0.4, 0.5) is 5.69 Å². The molecule has 1 unspecified atom stereocenters. The number of pyridine rings is 1. The van der Waals surface area contributed by atoms with Crippen molar-refractivity contribution in [3.8, 4) is 17.2 Å². The van der Waals surface area contributed by atoms with E-state index in [-0.39, 0.29) is 0 Å². The smallest absolute Gasteiger partial charge is 0.139 e. The number of benzene rings is 1. The topological polar surface area (TPSA) is 105 Å². The highest BCUT2D eigenvalue weighted by atomic mass is 16.5. The first-order valence-corrected chi connectivity index (χ1v) is 7.78. The number of methoxy groups -OCH3 is 3. The van der Waals surface area contributed by atoms with Gasteiger partial charge in [0.05, 0.1) is 38.9 Å². The minimum atomic E-state index is -0.882. The lowest BCUT2D eigenvalue weighted by Crippen LogP contribution is -2.50. The molecule has 0 bridgehead atoms. The maximum absolute atomic E-state index is 6.56. The number of hydrogen-bond donors (Lipinski definition) is 3. The molecule has 0 amide bonds. The summed E-state index contributed by atoms with van der Waals surface area (Å²) in [5.41, 5.74) is 14.7. The van der Waals surface area contributed by atoms with Crippen molar-refractivity contribution < 1.29 is 14.2 Å². The van der Waals surface area contributed by atoms with Crippen molar-refractivity contribution in [2.75, 3.05) is 26.6 Å². The van der Waals surface area contributed by atoms with Crippen LogP contribution in [0.2, 0.25) is 0 Å². The molecule has 25 heavy (non-hydrogen) atoms. The molecule has 0 saturated heterocycles. The Kier molecular flexibility index (Phi) is 4.41. The van der Waals surface area contributed by atoms with E-state index < -0.39 is 5.66 Å². The first kappa shape index (κ1) is 16.9. The molecule has 1 aromatic carbocycles. The highest BCUT2D eigenvalue weighted by molar-refractivity contribution is 5.77. The average Bonchev–Trinajstić information content (AvgIpc) is 2.61. The van der Waals surface area contributed by atoms with Gasteiger partial charge in [-0.15, -0.1) is 0 Å². The van der Waals surface area contributed by atoms with Gasteiger partial charge in [-0.2, -0.15) is 0 Å². The molecule has 132 valence electrons. The minimum absolute atomic E-state index is 0.470. The molecule has 0 radical (unpaired) electrons. The van der Waals surface area contributed by atoms with Gasteiger partial charge in [-0.25, -0.2) is 4.98 Å². The van der Waals surface area contributed by atoms with Crippen LogP contribution in [0.1, 0.15) is 11.3 Å². The lowest BCUT2D eigenvalue weighted by molar-refractivity contribution is 0.388. The van der Waals surface area contributed by atoms with Gasteiger partial charge in [0.25, 0.3) is 0 Å². The van der Waals surface area contributed by atoms with Crippen LogP contribution in [0, 0.1) is 0 Å². The molecule has 1 atom stereocenters. The Morgan fingerprint density at radius 3 is 2.52 bits per heavy atom. The van der Waals surface area contributed by atoms with Crippen LogP contribution in [-0.2, 0) is 6.42 Å². The molecule has 2 aromatic rings. The molecular formula is C18H22N4O3. The van der Waals surface area contributed by atoms with Crippen LogP contribution in [0.5, 0.6) is 17.2 Å². The Morgan fingerprint density at radius 2 is 1.84 bits per heavy atom. The summed E-state index contributed by atoms with van der Waals surface area (Å²) in [5.74, 6) is 2.05. The third-order valence-corrected chi connectivity index (χ3v) is 4.13. The first-order valence-electron chi connectivity index (χ1n) is 7.78. The van der Waals surface area contributed by atoms with Gasteiger partial charge >= 0.3 is 0 Å². The average molecular weight is 342 g/mol. The Bertz CT molecular complexity index is 822. The molecule has 7 heteroatoms. The van der Waals surface area contributed by atoms with Crippen molar-refractivity contribution in [3.63, 3.8) is 0 Å². The summed E-state index contributed by atoms with van der Waals surface area (Å²) in [6.45, 7) is 0. The van der Waals surface area contributed by atoms with E-state index in [0.29, 0.717) is 29.3 Å². The van der Waals surface area contributed by atoms with Gasteiger partial charge in [-0.05, 0) is 17.7 Å². The van der Waals surface area contributed by atoms with Gasteiger partial charge in [-0.3, -0.25) is 0 Å². The molecule has 1 aliphatic heterocycles. The maximum Gasteiger partial charge on any atom is 0.139 e. The number of nitrogens with zero attached hydrogens (tertiary/aromatic N) is 1. The van der Waals surface area contributed by atoms with Crippen molar-refractivity contribution in [2.24, 2.45) is 11.5 Å². The molecule has 0 aliphatic carbocycles. The van der Waals surface area contributed by atoms with Crippen molar-refractivity contribution in [3.05, 3.63) is 47.8 Å². The monoisotopic (exact) mass is 342 g/mol. The molecule has 0 saturated carbocycles. The van der Waals surface area contributed by atoms with Gasteiger partial charge < -0.3 is 31.0 Å². The third-order valence-electron chi connectivity index (χ3n) is 4.13. The van der Waals surface area contributed by atoms with Crippen LogP contribution in [0.25, 0.3) is 5.70 Å². The van der Waals surface area contributed by atoms with Gasteiger partial charge in [-0.1, -0.05) is 6.07 Å². The number of nitrogens with two attached hydrogens (primary N) is 2. The van der Waals surface area contributed by atoms with Crippen molar-refractivity contribution >= 4 is 11.4 Å². The van der Waals surface area contributed by atoms with E-state index in [1.807, 2.05) is 24.3 Å². The summed E-state index contributed by atoms with van der Waals surface area (Å²) in [6.07, 6.45) is 3.87. The number of anilines is 1. The summed E-state index contributed by atoms with van der Waals surface area (Å²) < 4.78 is 15.9. The Hall–Kier alpha value is -2.93. The van der Waals surface area contributed by atoms with Crippen LogP contribution in [-0.4, -0.2) is 32.0 Å². The lowest BCUT2D eigenvalue weighted by atomic mass is 9.94. The predicted molar refractivity (Wildman–Crippen MR) is 96.7 cm³/mol. The molecule has 1 aromatic heterocycles. The number of fused-ring (bicyclic) bond motifs is 1. The molecule has 3 rings (SSSR count). The highest BCUT2D eigenvalue weighted by Gasteiger charge is 2.31. The van der Waals surface area contributed by atoms with E-state index in [1.54, 1.807) is 33.6 Å². The predicted octanol–water partition coefficient (Wildman–Crippen LogP) is 1.73. The molecule has 0 fully saturated rings. The zero-order valence-electron chi connectivity index (χ0n) is 14.5. The van der Waals surface area contributed by atoms with Crippen molar-refractivity contribution in [1.29, 1.82) is 0 Å². The lowest BCUT2D eigenvalue weighted by Gasteiger charge is -2.34. The largest absolute Gasteiger partial charge is 0.497 e. The van der Waals surface area contributed by atoms with Gasteiger partial charge in [0, 0.05) is 18.6 Å². The molecule has 2 heterocycles. The number of ether oxygens (including phenoxy) is 3. The molecule has 0 spiro atoms. The fraction of sp³-hybridized carbons (Fsp3) is 0.278.